The number of carbonyl (C=O) groups is 1. The first-order valence-electron chi connectivity index (χ1n) is 4.59. The van der Waals surface area contributed by atoms with Crippen LogP contribution in [0.25, 0.3) is 0 Å². The van der Waals surface area contributed by atoms with Gasteiger partial charge in [-0.3, -0.25) is 20.2 Å². The van der Waals surface area contributed by atoms with Crippen LogP contribution in [0.2, 0.25) is 0 Å². The second-order valence-electron chi connectivity index (χ2n) is 3.12. The van der Waals surface area contributed by atoms with E-state index < -0.39 is 22.3 Å². The van der Waals surface area contributed by atoms with Crippen LogP contribution >= 0.6 is 11.3 Å². The molecule has 0 aliphatic carbocycles. The average Bonchev–Trinajstić information content (AvgIpc) is 2.81. The van der Waals surface area contributed by atoms with Crippen LogP contribution in [0.4, 0.5) is 15.2 Å². The lowest BCUT2D eigenvalue weighted by Gasteiger charge is -2.01. The standard InChI is InChI=1S/C9H5FN4O3S/c10-6-2-1-5(3-7(6)14(16)17)8(15)12-9-13-11-4-18-9/h1-4H,(H,12,13,15). The highest BCUT2D eigenvalue weighted by Gasteiger charge is 2.17. The Hall–Kier alpha value is -2.42. The van der Waals surface area contributed by atoms with Crippen molar-refractivity contribution in [3.8, 4) is 0 Å². The number of amides is 1. The summed E-state index contributed by atoms with van der Waals surface area (Å²) >= 11 is 1.10. The molecule has 0 atom stereocenters. The summed E-state index contributed by atoms with van der Waals surface area (Å²) in [6.07, 6.45) is 0. The van der Waals surface area contributed by atoms with Gasteiger partial charge in [0.05, 0.1) is 4.92 Å². The van der Waals surface area contributed by atoms with Gasteiger partial charge in [-0.15, -0.1) is 10.2 Å². The van der Waals surface area contributed by atoms with E-state index in [1.165, 1.54) is 5.51 Å². The zero-order valence-electron chi connectivity index (χ0n) is 8.66. The van der Waals surface area contributed by atoms with Crippen molar-refractivity contribution < 1.29 is 14.1 Å². The van der Waals surface area contributed by atoms with Crippen LogP contribution in [-0.2, 0) is 0 Å². The van der Waals surface area contributed by atoms with E-state index in [-0.39, 0.29) is 10.7 Å². The third-order valence-corrected chi connectivity index (χ3v) is 2.59. The summed E-state index contributed by atoms with van der Waals surface area (Å²) in [5, 5.41) is 20.3. The van der Waals surface area contributed by atoms with Crippen molar-refractivity contribution in [1.82, 2.24) is 10.2 Å². The molecular weight excluding hydrogens is 263 g/mol. The van der Waals surface area contributed by atoms with Crippen LogP contribution < -0.4 is 5.32 Å². The topological polar surface area (TPSA) is 98.0 Å². The Balaban J connectivity index is 2.26. The van der Waals surface area contributed by atoms with E-state index >= 15 is 0 Å². The predicted octanol–water partition coefficient (Wildman–Crippen LogP) is 1.84. The molecule has 0 unspecified atom stereocenters. The minimum Gasteiger partial charge on any atom is -0.296 e. The van der Waals surface area contributed by atoms with E-state index in [9.17, 15) is 19.3 Å². The molecule has 0 spiro atoms. The summed E-state index contributed by atoms with van der Waals surface area (Å²) in [5.41, 5.74) is 0.640. The average molecular weight is 268 g/mol. The second-order valence-corrected chi connectivity index (χ2v) is 3.95. The van der Waals surface area contributed by atoms with Gasteiger partial charge >= 0.3 is 5.69 Å². The molecule has 2 aromatic rings. The number of nitro groups is 1. The monoisotopic (exact) mass is 268 g/mol. The number of halogens is 1. The number of nitrogens with zero attached hydrogens (tertiary/aromatic N) is 3. The molecule has 7 nitrogen and oxygen atoms in total. The highest BCUT2D eigenvalue weighted by Crippen LogP contribution is 2.19. The Labute approximate surface area is 103 Å². The summed E-state index contributed by atoms with van der Waals surface area (Å²) in [5.74, 6) is -1.61. The molecule has 0 aliphatic rings. The first-order chi connectivity index (χ1) is 8.58. The van der Waals surface area contributed by atoms with Crippen LogP contribution in [0.1, 0.15) is 10.4 Å². The van der Waals surface area contributed by atoms with Gasteiger partial charge in [0, 0.05) is 11.6 Å². The van der Waals surface area contributed by atoms with Crippen molar-refractivity contribution in [1.29, 1.82) is 0 Å². The lowest BCUT2D eigenvalue weighted by Crippen LogP contribution is -2.12. The Bertz CT molecular complexity index is 602. The second kappa shape index (κ2) is 4.84. The normalized spacial score (nSPS) is 10.1. The zero-order valence-corrected chi connectivity index (χ0v) is 9.48. The Morgan fingerprint density at radius 3 is 2.89 bits per heavy atom. The van der Waals surface area contributed by atoms with E-state index in [0.29, 0.717) is 0 Å². The van der Waals surface area contributed by atoms with Gasteiger partial charge in [-0.25, -0.2) is 0 Å². The molecule has 1 heterocycles. The number of nitrogens with one attached hydrogen (secondary N) is 1. The van der Waals surface area contributed by atoms with Gasteiger partial charge < -0.3 is 0 Å². The number of aromatic nitrogens is 2. The molecule has 1 amide bonds. The number of carbonyl (C=O) groups excluding carboxylic acids is 1. The molecule has 0 saturated carbocycles. The maximum Gasteiger partial charge on any atom is 0.305 e. The van der Waals surface area contributed by atoms with Gasteiger partial charge in [0.25, 0.3) is 5.91 Å². The summed E-state index contributed by atoms with van der Waals surface area (Å²) in [6, 6.07) is 2.89. The van der Waals surface area contributed by atoms with Crippen molar-refractivity contribution in [2.24, 2.45) is 0 Å². The van der Waals surface area contributed by atoms with E-state index in [0.717, 1.165) is 29.5 Å². The van der Waals surface area contributed by atoms with Gasteiger partial charge in [-0.2, -0.15) is 4.39 Å². The quantitative estimate of drug-likeness (QED) is 0.676. The summed E-state index contributed by atoms with van der Waals surface area (Å²) in [4.78, 5) is 21.3. The molecule has 0 radical (unpaired) electrons. The van der Waals surface area contributed by atoms with Crippen LogP contribution in [0.15, 0.2) is 23.7 Å². The van der Waals surface area contributed by atoms with Gasteiger partial charge in [-0.05, 0) is 12.1 Å². The molecule has 0 saturated heterocycles. The summed E-state index contributed by atoms with van der Waals surface area (Å²) in [6.45, 7) is 0. The lowest BCUT2D eigenvalue weighted by molar-refractivity contribution is -0.387. The number of benzene rings is 1. The fraction of sp³-hybridized carbons (Fsp3) is 0. The number of hydrogen-bond acceptors (Lipinski definition) is 6. The fourth-order valence-electron chi connectivity index (χ4n) is 1.19. The molecule has 92 valence electrons. The molecule has 0 fully saturated rings. The molecule has 0 aliphatic heterocycles. The highest BCUT2D eigenvalue weighted by atomic mass is 32.1. The Morgan fingerprint density at radius 2 is 2.28 bits per heavy atom. The Kier molecular flexibility index (Phi) is 3.24. The largest absolute Gasteiger partial charge is 0.305 e. The van der Waals surface area contributed by atoms with Crippen molar-refractivity contribution in [3.63, 3.8) is 0 Å². The number of hydrogen-bond donors (Lipinski definition) is 1. The van der Waals surface area contributed by atoms with Gasteiger partial charge in [-0.1, -0.05) is 11.3 Å². The minimum atomic E-state index is -0.993. The fourth-order valence-corrected chi connectivity index (χ4v) is 1.63. The molecule has 1 aromatic heterocycles. The lowest BCUT2D eigenvalue weighted by atomic mass is 10.2. The molecular formula is C9H5FN4O3S. The SMILES string of the molecule is O=C(Nc1nncs1)c1ccc(F)c([N+](=O)[O-])c1. The first kappa shape index (κ1) is 12.0. The van der Waals surface area contributed by atoms with Crippen LogP contribution in [-0.4, -0.2) is 21.0 Å². The number of anilines is 1. The van der Waals surface area contributed by atoms with Crippen molar-refractivity contribution in [2.45, 2.75) is 0 Å². The van der Waals surface area contributed by atoms with Crippen LogP contribution in [0.3, 0.4) is 0 Å². The third kappa shape index (κ3) is 2.46. The zero-order chi connectivity index (χ0) is 13.1. The van der Waals surface area contributed by atoms with E-state index in [1.807, 2.05) is 0 Å². The van der Waals surface area contributed by atoms with E-state index in [4.69, 9.17) is 0 Å². The minimum absolute atomic E-state index is 0.0294. The third-order valence-electron chi connectivity index (χ3n) is 1.99. The Morgan fingerprint density at radius 1 is 1.50 bits per heavy atom. The summed E-state index contributed by atoms with van der Waals surface area (Å²) < 4.78 is 13.1. The van der Waals surface area contributed by atoms with Crippen molar-refractivity contribution in [2.75, 3.05) is 5.32 Å². The van der Waals surface area contributed by atoms with Crippen molar-refractivity contribution in [3.05, 3.63) is 45.2 Å². The first-order valence-corrected chi connectivity index (χ1v) is 5.47. The molecule has 1 N–H and O–H groups in total. The van der Waals surface area contributed by atoms with Crippen molar-refractivity contribution >= 4 is 28.1 Å². The van der Waals surface area contributed by atoms with Gasteiger partial charge in [0.1, 0.15) is 5.51 Å². The highest BCUT2D eigenvalue weighted by molar-refractivity contribution is 7.13. The summed E-state index contributed by atoms with van der Waals surface area (Å²) in [7, 11) is 0. The van der Waals surface area contributed by atoms with Crippen LogP contribution in [0, 0.1) is 15.9 Å². The predicted molar refractivity (Wildman–Crippen MR) is 60.9 cm³/mol. The van der Waals surface area contributed by atoms with Gasteiger partial charge in [0.15, 0.2) is 0 Å². The smallest absolute Gasteiger partial charge is 0.296 e. The maximum atomic E-state index is 13.1. The molecule has 0 bridgehead atoms. The molecule has 2 rings (SSSR count). The number of rotatable bonds is 3. The molecule has 9 heteroatoms. The van der Waals surface area contributed by atoms with Gasteiger partial charge in [0.2, 0.25) is 10.9 Å². The number of nitro benzene ring substituents is 1. The molecule has 18 heavy (non-hydrogen) atoms. The van der Waals surface area contributed by atoms with E-state index in [1.54, 1.807) is 0 Å². The molecule has 1 aromatic carbocycles. The van der Waals surface area contributed by atoms with E-state index in [2.05, 4.69) is 15.5 Å². The van der Waals surface area contributed by atoms with Crippen LogP contribution in [0.5, 0.6) is 0 Å². The maximum absolute atomic E-state index is 13.1.